The van der Waals surface area contributed by atoms with Gasteiger partial charge in [0.2, 0.25) is 5.95 Å². The number of fused-ring (bicyclic) bond motifs is 1. The molecule has 28 heavy (non-hydrogen) atoms. The summed E-state index contributed by atoms with van der Waals surface area (Å²) in [5.41, 5.74) is 2.33. The molecule has 0 amide bonds. The number of nitrogens with one attached hydrogen (secondary N) is 3. The van der Waals surface area contributed by atoms with Crippen LogP contribution in [0.15, 0.2) is 24.7 Å². The average molecular weight is 380 g/mol. The average Bonchev–Trinajstić information content (AvgIpc) is 3.43. The fraction of sp³-hybridized carbons (Fsp3) is 0.476. The molecule has 0 radical (unpaired) electrons. The van der Waals surface area contributed by atoms with E-state index in [0.717, 1.165) is 35.3 Å². The highest BCUT2D eigenvalue weighted by molar-refractivity contribution is 5.90. The Balaban J connectivity index is 1.37. The molecule has 7 heteroatoms. The van der Waals surface area contributed by atoms with Gasteiger partial charge in [-0.25, -0.2) is 15.0 Å². The molecule has 5 rings (SSSR count). The van der Waals surface area contributed by atoms with Crippen LogP contribution in [0, 0.1) is 5.95 Å². The molecule has 2 aliphatic carbocycles. The maximum atomic E-state index is 14.7. The van der Waals surface area contributed by atoms with E-state index >= 15 is 0 Å². The standard InChI is InChI=1S/C21H25FN6/c22-19-13(6-9-17(28-19)26-15-4-2-1-3-5-15)10-14-11-23-20-18(14)21(25-12-24-20)27-16-7-8-16/h6,9,11-12,15-16H,1-5,7-8,10H2,(H,26,28)(H2,23,24,25,27). The molecule has 2 saturated carbocycles. The molecule has 0 bridgehead atoms. The minimum absolute atomic E-state index is 0.410. The van der Waals surface area contributed by atoms with Crippen LogP contribution in [-0.4, -0.2) is 32.0 Å². The molecule has 3 N–H and O–H groups in total. The molecule has 3 aromatic heterocycles. The fourth-order valence-corrected chi connectivity index (χ4v) is 4.03. The number of aromatic amines is 1. The summed E-state index contributed by atoms with van der Waals surface area (Å²) in [6, 6.07) is 4.63. The molecule has 0 saturated heterocycles. The first-order valence-electron chi connectivity index (χ1n) is 10.3. The first-order chi connectivity index (χ1) is 13.8. The zero-order valence-electron chi connectivity index (χ0n) is 15.8. The topological polar surface area (TPSA) is 78.5 Å². The van der Waals surface area contributed by atoms with Crippen molar-refractivity contribution in [2.24, 2.45) is 0 Å². The number of halogens is 1. The third-order valence-electron chi connectivity index (χ3n) is 5.73. The van der Waals surface area contributed by atoms with Gasteiger partial charge in [0.25, 0.3) is 0 Å². The second-order valence-corrected chi connectivity index (χ2v) is 7.98. The fourth-order valence-electron chi connectivity index (χ4n) is 4.03. The van der Waals surface area contributed by atoms with Gasteiger partial charge in [0.05, 0.1) is 5.39 Å². The SMILES string of the molecule is Fc1nc(NC2CCCCC2)ccc1Cc1c[nH]c2ncnc(NC3CC3)c12. The van der Waals surface area contributed by atoms with Crippen LogP contribution in [0.3, 0.4) is 0 Å². The van der Waals surface area contributed by atoms with E-state index in [1.54, 1.807) is 6.33 Å². The van der Waals surface area contributed by atoms with Crippen LogP contribution < -0.4 is 10.6 Å². The second kappa shape index (κ2) is 7.37. The van der Waals surface area contributed by atoms with Crippen molar-refractivity contribution in [1.82, 2.24) is 19.9 Å². The van der Waals surface area contributed by atoms with Crippen LogP contribution in [-0.2, 0) is 6.42 Å². The lowest BCUT2D eigenvalue weighted by Crippen LogP contribution is -2.23. The van der Waals surface area contributed by atoms with Crippen LogP contribution in [0.5, 0.6) is 0 Å². The van der Waals surface area contributed by atoms with E-state index in [1.807, 2.05) is 18.3 Å². The highest BCUT2D eigenvalue weighted by atomic mass is 19.1. The summed E-state index contributed by atoms with van der Waals surface area (Å²) in [6.07, 6.45) is 12.3. The molecule has 0 spiro atoms. The lowest BCUT2D eigenvalue weighted by molar-refractivity contribution is 0.460. The molecule has 0 aromatic carbocycles. The molecule has 6 nitrogen and oxygen atoms in total. The number of hydrogen-bond donors (Lipinski definition) is 3. The molecular weight excluding hydrogens is 355 g/mol. The van der Waals surface area contributed by atoms with Gasteiger partial charge in [-0.05, 0) is 37.3 Å². The molecule has 3 aromatic rings. The zero-order valence-corrected chi connectivity index (χ0v) is 15.8. The summed E-state index contributed by atoms with van der Waals surface area (Å²) in [4.78, 5) is 16.1. The summed E-state index contributed by atoms with van der Waals surface area (Å²) < 4.78 is 14.7. The molecule has 0 aliphatic heterocycles. The lowest BCUT2D eigenvalue weighted by atomic mass is 9.95. The number of pyridine rings is 1. The molecule has 2 fully saturated rings. The Hall–Kier alpha value is -2.70. The summed E-state index contributed by atoms with van der Waals surface area (Å²) in [7, 11) is 0. The predicted octanol–water partition coefficient (Wildman–Crippen LogP) is 4.40. The Bertz CT molecular complexity index is 974. The van der Waals surface area contributed by atoms with Crippen molar-refractivity contribution < 1.29 is 4.39 Å². The van der Waals surface area contributed by atoms with Gasteiger partial charge in [-0.3, -0.25) is 0 Å². The quantitative estimate of drug-likeness (QED) is 0.553. The van der Waals surface area contributed by atoms with Crippen molar-refractivity contribution >= 4 is 22.7 Å². The van der Waals surface area contributed by atoms with Crippen molar-refractivity contribution in [3.05, 3.63) is 41.7 Å². The molecule has 0 atom stereocenters. The second-order valence-electron chi connectivity index (χ2n) is 7.98. The Morgan fingerprint density at radius 3 is 2.57 bits per heavy atom. The Labute approximate surface area is 163 Å². The van der Waals surface area contributed by atoms with Crippen LogP contribution in [0.2, 0.25) is 0 Å². The number of nitrogens with zero attached hydrogens (tertiary/aromatic N) is 3. The first-order valence-corrected chi connectivity index (χ1v) is 10.3. The number of rotatable bonds is 6. The van der Waals surface area contributed by atoms with E-state index in [1.165, 1.54) is 32.1 Å². The minimum atomic E-state index is -0.413. The van der Waals surface area contributed by atoms with Gasteiger partial charge in [-0.15, -0.1) is 0 Å². The number of H-pyrrole nitrogens is 1. The van der Waals surface area contributed by atoms with E-state index in [2.05, 4.69) is 30.6 Å². The van der Waals surface area contributed by atoms with E-state index in [4.69, 9.17) is 0 Å². The Kier molecular flexibility index (Phi) is 4.58. The van der Waals surface area contributed by atoms with Crippen LogP contribution >= 0.6 is 0 Å². The minimum Gasteiger partial charge on any atom is -0.367 e. The Morgan fingerprint density at radius 2 is 1.79 bits per heavy atom. The third kappa shape index (κ3) is 3.66. The van der Waals surface area contributed by atoms with E-state index in [9.17, 15) is 4.39 Å². The Morgan fingerprint density at radius 1 is 0.964 bits per heavy atom. The zero-order chi connectivity index (χ0) is 18.9. The number of hydrogen-bond acceptors (Lipinski definition) is 5. The van der Waals surface area contributed by atoms with Gasteiger partial charge in [0.15, 0.2) is 0 Å². The van der Waals surface area contributed by atoms with E-state index < -0.39 is 5.95 Å². The van der Waals surface area contributed by atoms with Gasteiger partial charge >= 0.3 is 0 Å². The van der Waals surface area contributed by atoms with Gasteiger partial charge in [-0.2, -0.15) is 4.39 Å². The summed E-state index contributed by atoms with van der Waals surface area (Å²) in [5.74, 6) is 1.04. The van der Waals surface area contributed by atoms with Gasteiger partial charge < -0.3 is 15.6 Å². The van der Waals surface area contributed by atoms with Gasteiger partial charge in [0, 0.05) is 30.3 Å². The smallest absolute Gasteiger partial charge is 0.218 e. The molecule has 3 heterocycles. The molecule has 0 unspecified atom stereocenters. The summed E-state index contributed by atoms with van der Waals surface area (Å²) in [5, 5.41) is 7.78. The van der Waals surface area contributed by atoms with Crippen molar-refractivity contribution in [3.8, 4) is 0 Å². The largest absolute Gasteiger partial charge is 0.367 e. The highest BCUT2D eigenvalue weighted by Crippen LogP contribution is 2.30. The van der Waals surface area contributed by atoms with Crippen LogP contribution in [0.25, 0.3) is 11.0 Å². The third-order valence-corrected chi connectivity index (χ3v) is 5.73. The number of anilines is 2. The van der Waals surface area contributed by atoms with Gasteiger partial charge in [0.1, 0.15) is 23.6 Å². The van der Waals surface area contributed by atoms with E-state index in [-0.39, 0.29) is 0 Å². The maximum Gasteiger partial charge on any atom is 0.218 e. The van der Waals surface area contributed by atoms with Crippen molar-refractivity contribution in [2.75, 3.05) is 10.6 Å². The molecular formula is C21H25FN6. The molecule has 146 valence electrons. The first kappa shape index (κ1) is 17.4. The van der Waals surface area contributed by atoms with Crippen LogP contribution in [0.4, 0.5) is 16.0 Å². The van der Waals surface area contributed by atoms with Crippen molar-refractivity contribution in [3.63, 3.8) is 0 Å². The highest BCUT2D eigenvalue weighted by Gasteiger charge is 2.23. The maximum absolute atomic E-state index is 14.7. The monoisotopic (exact) mass is 380 g/mol. The van der Waals surface area contributed by atoms with E-state index in [0.29, 0.717) is 29.9 Å². The van der Waals surface area contributed by atoms with Crippen molar-refractivity contribution in [2.45, 2.75) is 63.5 Å². The number of aromatic nitrogens is 4. The summed E-state index contributed by atoms with van der Waals surface area (Å²) >= 11 is 0. The lowest BCUT2D eigenvalue weighted by Gasteiger charge is -2.23. The normalized spacial score (nSPS) is 17.8. The summed E-state index contributed by atoms with van der Waals surface area (Å²) in [6.45, 7) is 0. The predicted molar refractivity (Wildman–Crippen MR) is 108 cm³/mol. The van der Waals surface area contributed by atoms with Gasteiger partial charge in [-0.1, -0.05) is 25.3 Å². The van der Waals surface area contributed by atoms with Crippen LogP contribution in [0.1, 0.15) is 56.1 Å². The molecule has 2 aliphatic rings. The van der Waals surface area contributed by atoms with Crippen molar-refractivity contribution in [1.29, 1.82) is 0 Å².